The fourth-order valence-electron chi connectivity index (χ4n) is 3.84. The number of amides is 3. The minimum atomic E-state index is -0.443. The molecule has 0 bridgehead atoms. The SMILES string of the molecule is C[C@H](CO)N1C[C@H](C)[C@H](CN(C)C(=O)Nc2ccc3c(c2)OCO3)Oc2ncc(Br)cc2C1=O. The van der Waals surface area contributed by atoms with Gasteiger partial charge in [-0.25, -0.2) is 9.78 Å². The van der Waals surface area contributed by atoms with Crippen LogP contribution in [0.3, 0.4) is 0 Å². The molecule has 3 atom stereocenters. The molecule has 0 fully saturated rings. The van der Waals surface area contributed by atoms with Gasteiger partial charge >= 0.3 is 6.03 Å². The zero-order valence-electron chi connectivity index (χ0n) is 19.2. The minimum absolute atomic E-state index is 0.141. The number of ether oxygens (including phenoxy) is 3. The van der Waals surface area contributed by atoms with Crippen molar-refractivity contribution in [1.82, 2.24) is 14.8 Å². The lowest BCUT2D eigenvalue weighted by Crippen LogP contribution is -2.50. The zero-order chi connectivity index (χ0) is 24.4. The van der Waals surface area contributed by atoms with E-state index in [1.165, 1.54) is 4.90 Å². The number of hydrogen-bond acceptors (Lipinski definition) is 7. The van der Waals surface area contributed by atoms with E-state index < -0.39 is 6.10 Å². The second-order valence-electron chi connectivity index (χ2n) is 8.51. The van der Waals surface area contributed by atoms with E-state index in [-0.39, 0.29) is 49.7 Å². The quantitative estimate of drug-likeness (QED) is 0.606. The second-order valence-corrected chi connectivity index (χ2v) is 9.42. The first-order chi connectivity index (χ1) is 16.3. The number of fused-ring (bicyclic) bond motifs is 2. The summed E-state index contributed by atoms with van der Waals surface area (Å²) in [6, 6.07) is 6.15. The van der Waals surface area contributed by atoms with Crippen LogP contribution >= 0.6 is 15.9 Å². The Morgan fingerprint density at radius 2 is 2.12 bits per heavy atom. The number of aliphatic hydroxyl groups excluding tert-OH is 1. The molecule has 2 N–H and O–H groups in total. The molecule has 0 spiro atoms. The number of aliphatic hydroxyl groups is 1. The molecule has 2 aliphatic heterocycles. The maximum Gasteiger partial charge on any atom is 0.321 e. The van der Waals surface area contributed by atoms with E-state index in [2.05, 4.69) is 26.2 Å². The van der Waals surface area contributed by atoms with Crippen LogP contribution in [-0.2, 0) is 0 Å². The van der Waals surface area contributed by atoms with Gasteiger partial charge in [0.1, 0.15) is 11.7 Å². The molecule has 182 valence electrons. The van der Waals surface area contributed by atoms with Crippen LogP contribution in [0.5, 0.6) is 17.4 Å². The van der Waals surface area contributed by atoms with Crippen LogP contribution in [0.4, 0.5) is 10.5 Å². The van der Waals surface area contributed by atoms with E-state index >= 15 is 0 Å². The van der Waals surface area contributed by atoms with Gasteiger partial charge in [-0.05, 0) is 41.1 Å². The number of aromatic nitrogens is 1. The highest BCUT2D eigenvalue weighted by Crippen LogP contribution is 2.34. The van der Waals surface area contributed by atoms with Gasteiger partial charge in [0.15, 0.2) is 11.5 Å². The van der Waals surface area contributed by atoms with Crippen LogP contribution in [0.15, 0.2) is 34.9 Å². The number of hydrogen-bond donors (Lipinski definition) is 2. The lowest BCUT2D eigenvalue weighted by atomic mass is 10.0. The molecule has 34 heavy (non-hydrogen) atoms. The number of likely N-dealkylation sites (N-methyl/N-ethyl adjacent to an activating group) is 1. The molecule has 3 heterocycles. The maximum absolute atomic E-state index is 13.2. The average Bonchev–Trinajstić information content (AvgIpc) is 3.29. The summed E-state index contributed by atoms with van der Waals surface area (Å²) >= 11 is 3.36. The Morgan fingerprint density at radius 3 is 2.88 bits per heavy atom. The van der Waals surface area contributed by atoms with Crippen molar-refractivity contribution in [3.05, 3.63) is 40.5 Å². The van der Waals surface area contributed by atoms with E-state index in [9.17, 15) is 14.7 Å². The predicted molar refractivity (Wildman–Crippen MR) is 127 cm³/mol. The van der Waals surface area contributed by atoms with E-state index in [4.69, 9.17) is 14.2 Å². The molecule has 1 aromatic carbocycles. The molecule has 0 radical (unpaired) electrons. The third-order valence-corrected chi connectivity index (χ3v) is 6.35. The minimum Gasteiger partial charge on any atom is -0.472 e. The molecule has 4 rings (SSSR count). The molecule has 10 nitrogen and oxygen atoms in total. The molecule has 2 aromatic rings. The van der Waals surface area contributed by atoms with Gasteiger partial charge in [0.05, 0.1) is 19.2 Å². The summed E-state index contributed by atoms with van der Waals surface area (Å²) in [6.07, 6.45) is 1.12. The smallest absolute Gasteiger partial charge is 0.321 e. The first-order valence-electron chi connectivity index (χ1n) is 10.9. The number of carbonyl (C=O) groups excluding carboxylic acids is 2. The van der Waals surface area contributed by atoms with E-state index in [1.807, 2.05) is 6.92 Å². The first kappa shape index (κ1) is 24.1. The van der Waals surface area contributed by atoms with Gasteiger partial charge in [0.25, 0.3) is 5.91 Å². The highest BCUT2D eigenvalue weighted by Gasteiger charge is 2.34. The summed E-state index contributed by atoms with van der Waals surface area (Å²) in [6.45, 7) is 4.34. The Bertz CT molecular complexity index is 1080. The van der Waals surface area contributed by atoms with Crippen molar-refractivity contribution in [1.29, 1.82) is 0 Å². The van der Waals surface area contributed by atoms with Gasteiger partial charge in [-0.3, -0.25) is 4.79 Å². The van der Waals surface area contributed by atoms with Gasteiger partial charge < -0.3 is 34.4 Å². The molecule has 2 aliphatic rings. The molecule has 0 unspecified atom stereocenters. The number of benzene rings is 1. The van der Waals surface area contributed by atoms with Gasteiger partial charge in [0.2, 0.25) is 12.7 Å². The van der Waals surface area contributed by atoms with Gasteiger partial charge in [-0.2, -0.15) is 0 Å². The Morgan fingerprint density at radius 1 is 1.35 bits per heavy atom. The number of anilines is 1. The Kier molecular flexibility index (Phi) is 7.13. The molecule has 3 amide bonds. The number of pyridine rings is 1. The Balaban J connectivity index is 1.52. The third kappa shape index (κ3) is 5.05. The highest BCUT2D eigenvalue weighted by atomic mass is 79.9. The van der Waals surface area contributed by atoms with Crippen LogP contribution in [-0.4, -0.2) is 77.5 Å². The molecule has 0 saturated heterocycles. The van der Waals surface area contributed by atoms with Crippen molar-refractivity contribution < 1.29 is 28.9 Å². The maximum atomic E-state index is 13.2. The predicted octanol–water partition coefficient (Wildman–Crippen LogP) is 2.96. The Hall–Kier alpha value is -3.05. The van der Waals surface area contributed by atoms with Crippen LogP contribution in [0.25, 0.3) is 0 Å². The number of halogens is 1. The van der Waals surface area contributed by atoms with Crippen molar-refractivity contribution in [2.24, 2.45) is 5.92 Å². The lowest BCUT2D eigenvalue weighted by Gasteiger charge is -2.37. The molecule has 0 saturated carbocycles. The highest BCUT2D eigenvalue weighted by molar-refractivity contribution is 9.10. The largest absolute Gasteiger partial charge is 0.472 e. The molecule has 11 heteroatoms. The fourth-order valence-corrected chi connectivity index (χ4v) is 4.17. The van der Waals surface area contributed by atoms with Crippen LogP contribution < -0.4 is 19.5 Å². The number of nitrogens with zero attached hydrogens (tertiary/aromatic N) is 3. The zero-order valence-corrected chi connectivity index (χ0v) is 20.7. The number of carbonyl (C=O) groups is 2. The number of rotatable bonds is 5. The number of urea groups is 1. The summed E-state index contributed by atoms with van der Waals surface area (Å²) in [5.74, 6) is 1.01. The van der Waals surface area contributed by atoms with Crippen LogP contribution in [0, 0.1) is 5.92 Å². The van der Waals surface area contributed by atoms with Crippen LogP contribution in [0.1, 0.15) is 24.2 Å². The molecular formula is C23H27BrN4O6. The Labute approximate surface area is 205 Å². The van der Waals surface area contributed by atoms with Gasteiger partial charge in [-0.15, -0.1) is 0 Å². The normalized spacial score (nSPS) is 20.0. The van der Waals surface area contributed by atoms with Gasteiger partial charge in [-0.1, -0.05) is 6.92 Å². The summed E-state index contributed by atoms with van der Waals surface area (Å²) in [7, 11) is 1.67. The second kappa shape index (κ2) is 10.1. The molecule has 0 aliphatic carbocycles. The van der Waals surface area contributed by atoms with Crippen molar-refractivity contribution in [3.8, 4) is 17.4 Å². The number of nitrogens with one attached hydrogen (secondary N) is 1. The van der Waals surface area contributed by atoms with E-state index in [0.29, 0.717) is 33.8 Å². The summed E-state index contributed by atoms with van der Waals surface area (Å²) in [5, 5.41) is 12.6. The lowest BCUT2D eigenvalue weighted by molar-refractivity contribution is 0.0356. The van der Waals surface area contributed by atoms with E-state index in [1.54, 1.807) is 49.3 Å². The van der Waals surface area contributed by atoms with Crippen LogP contribution in [0.2, 0.25) is 0 Å². The molecule has 1 aromatic heterocycles. The monoisotopic (exact) mass is 534 g/mol. The summed E-state index contributed by atoms with van der Waals surface area (Å²) < 4.78 is 17.5. The van der Waals surface area contributed by atoms with E-state index in [0.717, 1.165) is 0 Å². The van der Waals surface area contributed by atoms with Crippen molar-refractivity contribution >= 4 is 33.6 Å². The third-order valence-electron chi connectivity index (χ3n) is 5.91. The summed E-state index contributed by atoms with van der Waals surface area (Å²) in [4.78, 5) is 33.5. The van der Waals surface area contributed by atoms with Crippen molar-refractivity contribution in [3.63, 3.8) is 0 Å². The average molecular weight is 535 g/mol. The van der Waals surface area contributed by atoms with Gasteiger partial charge in [0, 0.05) is 41.9 Å². The van der Waals surface area contributed by atoms with Crippen molar-refractivity contribution in [2.75, 3.05) is 38.9 Å². The fraction of sp³-hybridized carbons (Fsp3) is 0.435. The summed E-state index contributed by atoms with van der Waals surface area (Å²) in [5.41, 5.74) is 0.886. The standard InChI is InChI=1S/C23H27BrN4O6/c1-13-9-28(14(2)11-29)22(30)17-6-15(24)8-25-21(17)34-20(13)10-27(3)23(31)26-16-4-5-18-19(7-16)33-12-32-18/h4-8,13-14,20,29H,9-12H2,1-3H3,(H,26,31)/t13-,14+,20-/m0/s1. The topological polar surface area (TPSA) is 113 Å². The first-order valence-corrected chi connectivity index (χ1v) is 11.7. The van der Waals surface area contributed by atoms with Crippen molar-refractivity contribution in [2.45, 2.75) is 26.0 Å². The molecular weight excluding hydrogens is 508 g/mol.